The maximum atomic E-state index is 13.6. The van der Waals surface area contributed by atoms with Crippen molar-refractivity contribution in [2.75, 3.05) is 18.2 Å². The molecule has 1 amide bonds. The first-order valence-electron chi connectivity index (χ1n) is 8.58. The number of benzene rings is 2. The van der Waals surface area contributed by atoms with E-state index in [1.807, 2.05) is 0 Å². The van der Waals surface area contributed by atoms with Crippen LogP contribution in [0.4, 0.5) is 10.1 Å². The number of H-pyrrole nitrogens is 1. The number of nitrogens with one attached hydrogen (secondary N) is 2. The Morgan fingerprint density at radius 2 is 2.03 bits per heavy atom. The Kier molecular flexibility index (Phi) is 5.13. The zero-order valence-corrected chi connectivity index (χ0v) is 16.0. The van der Waals surface area contributed by atoms with Crippen LogP contribution in [0.5, 0.6) is 0 Å². The van der Waals surface area contributed by atoms with Crippen LogP contribution in [-0.2, 0) is 9.53 Å². The second kappa shape index (κ2) is 7.88. The molecule has 9 heteroatoms. The quantitative estimate of drug-likeness (QED) is 0.295. The highest BCUT2D eigenvalue weighted by Gasteiger charge is 2.16. The molecule has 2 aromatic heterocycles. The molecule has 0 saturated heterocycles. The molecular weight excluding hydrogens is 395 g/mol. The van der Waals surface area contributed by atoms with E-state index in [4.69, 9.17) is 4.74 Å². The van der Waals surface area contributed by atoms with Gasteiger partial charge in [0.2, 0.25) is 5.91 Å². The van der Waals surface area contributed by atoms with E-state index in [9.17, 15) is 14.0 Å². The Morgan fingerprint density at radius 3 is 2.86 bits per heavy atom. The molecule has 0 aliphatic heterocycles. The van der Waals surface area contributed by atoms with Crippen molar-refractivity contribution >= 4 is 51.3 Å². The maximum Gasteiger partial charge on any atom is 0.339 e. The largest absolute Gasteiger partial charge is 0.465 e. The summed E-state index contributed by atoms with van der Waals surface area (Å²) in [6, 6.07) is 11.0. The number of esters is 1. The molecule has 146 valence electrons. The third-order valence-electron chi connectivity index (χ3n) is 4.26. The lowest BCUT2D eigenvalue weighted by Crippen LogP contribution is -2.17. The van der Waals surface area contributed by atoms with Crippen molar-refractivity contribution in [2.45, 2.75) is 5.03 Å². The molecule has 0 aliphatic rings. The van der Waals surface area contributed by atoms with Crippen LogP contribution in [-0.4, -0.2) is 39.7 Å². The molecule has 4 aromatic rings. The van der Waals surface area contributed by atoms with Gasteiger partial charge in [0.15, 0.2) is 0 Å². The number of aromatic amines is 1. The molecule has 29 heavy (non-hydrogen) atoms. The number of rotatable bonds is 5. The van der Waals surface area contributed by atoms with Gasteiger partial charge in [0, 0.05) is 10.9 Å². The normalized spacial score (nSPS) is 11.0. The van der Waals surface area contributed by atoms with E-state index in [1.165, 1.54) is 37.3 Å². The van der Waals surface area contributed by atoms with Gasteiger partial charge in [-0.15, -0.1) is 0 Å². The number of amides is 1. The lowest BCUT2D eigenvalue weighted by atomic mass is 10.2. The van der Waals surface area contributed by atoms with Crippen molar-refractivity contribution in [3.8, 4) is 0 Å². The smallest absolute Gasteiger partial charge is 0.339 e. The summed E-state index contributed by atoms with van der Waals surface area (Å²) >= 11 is 1.21. The van der Waals surface area contributed by atoms with Crippen molar-refractivity contribution in [1.29, 1.82) is 0 Å². The topological polar surface area (TPSA) is 97.0 Å². The molecule has 2 heterocycles. The highest BCUT2D eigenvalue weighted by Crippen LogP contribution is 2.30. The molecule has 0 radical (unpaired) electrons. The van der Waals surface area contributed by atoms with Gasteiger partial charge in [-0.3, -0.25) is 4.79 Å². The zero-order chi connectivity index (χ0) is 20.4. The van der Waals surface area contributed by atoms with E-state index < -0.39 is 5.97 Å². The van der Waals surface area contributed by atoms with Gasteiger partial charge in [-0.25, -0.2) is 19.2 Å². The summed E-state index contributed by atoms with van der Waals surface area (Å²) in [5, 5.41) is 3.94. The molecule has 0 saturated carbocycles. The average molecular weight is 410 g/mol. The van der Waals surface area contributed by atoms with Gasteiger partial charge in [0.05, 0.1) is 29.6 Å². The zero-order valence-electron chi connectivity index (χ0n) is 15.2. The summed E-state index contributed by atoms with van der Waals surface area (Å²) < 4.78 is 18.3. The number of nitrogens with zero attached hydrogens (tertiary/aromatic N) is 2. The number of methoxy groups -OCH3 is 1. The second-order valence-corrected chi connectivity index (χ2v) is 7.06. The fraction of sp³-hybridized carbons (Fsp3) is 0.100. The number of carbonyl (C=O) groups excluding carboxylic acids is 2. The van der Waals surface area contributed by atoms with Crippen LogP contribution in [0.3, 0.4) is 0 Å². The van der Waals surface area contributed by atoms with Gasteiger partial charge in [-0.05, 0) is 30.3 Å². The summed E-state index contributed by atoms with van der Waals surface area (Å²) in [6.45, 7) is 0. The van der Waals surface area contributed by atoms with E-state index in [0.29, 0.717) is 27.1 Å². The molecule has 0 atom stereocenters. The Labute approximate surface area is 168 Å². The van der Waals surface area contributed by atoms with Crippen molar-refractivity contribution < 1.29 is 18.7 Å². The predicted octanol–water partition coefficient (Wildman–Crippen LogP) is 3.77. The fourth-order valence-electron chi connectivity index (χ4n) is 2.95. The molecule has 0 fully saturated rings. The van der Waals surface area contributed by atoms with E-state index in [0.717, 1.165) is 5.52 Å². The van der Waals surface area contributed by atoms with Crippen LogP contribution in [0.25, 0.3) is 21.9 Å². The van der Waals surface area contributed by atoms with Crippen LogP contribution >= 0.6 is 11.8 Å². The van der Waals surface area contributed by atoms with Crippen molar-refractivity contribution in [2.24, 2.45) is 0 Å². The molecule has 2 N–H and O–H groups in total. The van der Waals surface area contributed by atoms with Crippen molar-refractivity contribution in [3.05, 3.63) is 60.2 Å². The molecule has 0 unspecified atom stereocenters. The van der Waals surface area contributed by atoms with Crippen LogP contribution in [0.15, 0.2) is 53.8 Å². The van der Waals surface area contributed by atoms with Gasteiger partial charge in [0.1, 0.15) is 22.7 Å². The van der Waals surface area contributed by atoms with E-state index >= 15 is 0 Å². The number of fused-ring (bicyclic) bond motifs is 3. The molecular formula is C20H15FN4O3S. The standard InChI is InChI=1S/C20H15FN4O3S/c1-28-20(27)12-4-2-3-5-14(12)24-16(26)9-29-19-18-17(22-10-23-19)13-8-11(21)6-7-15(13)25-18/h2-8,10,25H,9H2,1H3,(H,24,26). The summed E-state index contributed by atoms with van der Waals surface area (Å²) in [5.74, 6) is -1.13. The summed E-state index contributed by atoms with van der Waals surface area (Å²) in [4.78, 5) is 35.9. The second-order valence-electron chi connectivity index (χ2n) is 6.09. The minimum atomic E-state index is -0.531. The number of aromatic nitrogens is 3. The molecule has 0 spiro atoms. The Bertz CT molecular complexity index is 1240. The van der Waals surface area contributed by atoms with E-state index in [1.54, 1.807) is 30.3 Å². The molecule has 0 bridgehead atoms. The van der Waals surface area contributed by atoms with Crippen LogP contribution in [0, 0.1) is 5.82 Å². The molecule has 7 nitrogen and oxygen atoms in total. The summed E-state index contributed by atoms with van der Waals surface area (Å²) in [6.07, 6.45) is 1.38. The number of carbonyl (C=O) groups is 2. The average Bonchev–Trinajstić information content (AvgIpc) is 3.10. The summed E-state index contributed by atoms with van der Waals surface area (Å²) in [5.41, 5.74) is 2.61. The van der Waals surface area contributed by atoms with Crippen LogP contribution in [0.1, 0.15) is 10.4 Å². The number of thioether (sulfide) groups is 1. The number of para-hydroxylation sites is 1. The molecule has 4 rings (SSSR count). The number of ether oxygens (including phenoxy) is 1. The lowest BCUT2D eigenvalue weighted by Gasteiger charge is -2.09. The number of halogens is 1. The first kappa shape index (κ1) is 18.9. The minimum Gasteiger partial charge on any atom is -0.465 e. The Hall–Kier alpha value is -3.46. The van der Waals surface area contributed by atoms with Gasteiger partial charge >= 0.3 is 5.97 Å². The number of hydrogen-bond donors (Lipinski definition) is 2. The first-order chi connectivity index (χ1) is 14.1. The van der Waals surface area contributed by atoms with Gasteiger partial charge in [0.25, 0.3) is 0 Å². The van der Waals surface area contributed by atoms with Crippen molar-refractivity contribution in [3.63, 3.8) is 0 Å². The van der Waals surface area contributed by atoms with Crippen LogP contribution in [0.2, 0.25) is 0 Å². The van der Waals surface area contributed by atoms with Gasteiger partial charge in [-0.1, -0.05) is 23.9 Å². The third-order valence-corrected chi connectivity index (χ3v) is 5.24. The molecule has 2 aromatic carbocycles. The minimum absolute atomic E-state index is 0.0609. The SMILES string of the molecule is COC(=O)c1ccccc1NC(=O)CSc1ncnc2c1[nH]c1ccc(F)cc12. The number of anilines is 1. The first-order valence-corrected chi connectivity index (χ1v) is 9.57. The Morgan fingerprint density at radius 1 is 1.21 bits per heavy atom. The fourth-order valence-corrected chi connectivity index (χ4v) is 3.71. The lowest BCUT2D eigenvalue weighted by molar-refractivity contribution is -0.113. The third kappa shape index (κ3) is 3.77. The highest BCUT2D eigenvalue weighted by atomic mass is 32.2. The monoisotopic (exact) mass is 410 g/mol. The molecule has 0 aliphatic carbocycles. The van der Waals surface area contributed by atoms with E-state index in [-0.39, 0.29) is 23.0 Å². The van der Waals surface area contributed by atoms with Gasteiger partial charge < -0.3 is 15.0 Å². The summed E-state index contributed by atoms with van der Waals surface area (Å²) in [7, 11) is 1.28. The maximum absolute atomic E-state index is 13.6. The number of hydrogen-bond acceptors (Lipinski definition) is 6. The predicted molar refractivity (Wildman–Crippen MR) is 108 cm³/mol. The van der Waals surface area contributed by atoms with E-state index in [2.05, 4.69) is 20.3 Å². The Balaban J connectivity index is 1.54. The van der Waals surface area contributed by atoms with Crippen LogP contribution < -0.4 is 5.32 Å². The van der Waals surface area contributed by atoms with Gasteiger partial charge in [-0.2, -0.15) is 0 Å². The van der Waals surface area contributed by atoms with Crippen molar-refractivity contribution in [1.82, 2.24) is 15.0 Å². The highest BCUT2D eigenvalue weighted by molar-refractivity contribution is 8.00.